The Balaban J connectivity index is 0.000000333. The standard InChI is InChI=1S/C20H20N2O11.C20H24N2O7/c23-19(13-32-17-5-1-15(2-6-17)21(25)26)30-11-9-29-10-12-31-20(24)14-33-18-7-3-16(4-8-18)22(27)28;21-15-1-5-17(6-2-15)28-13-19(23)26-11-9-25-10-12-27-20(24)14-29-18-7-3-16(22)4-8-18/h1-8H,9-14H2;1-8H,9-14,21-22H2. The summed E-state index contributed by atoms with van der Waals surface area (Å²) in [5, 5.41) is 21.1. The molecule has 0 spiro atoms. The molecule has 0 radical (unpaired) electrons. The number of ether oxygens (including phenoxy) is 10. The second-order valence-corrected chi connectivity index (χ2v) is 11.9. The molecule has 22 heteroatoms. The average Bonchev–Trinajstić information content (AvgIpc) is 3.27. The summed E-state index contributed by atoms with van der Waals surface area (Å²) in [7, 11) is 0. The molecule has 0 unspecified atom stereocenters. The van der Waals surface area contributed by atoms with E-state index in [2.05, 4.69) is 0 Å². The lowest BCUT2D eigenvalue weighted by atomic mass is 10.3. The predicted octanol–water partition coefficient (Wildman–Crippen LogP) is 3.48. The Labute approximate surface area is 353 Å². The monoisotopic (exact) mass is 868 g/mol. The van der Waals surface area contributed by atoms with Gasteiger partial charge < -0.3 is 58.8 Å². The first-order chi connectivity index (χ1) is 29.9. The molecular weight excluding hydrogens is 824 g/mol. The van der Waals surface area contributed by atoms with Crippen LogP contribution in [0.2, 0.25) is 0 Å². The summed E-state index contributed by atoms with van der Waals surface area (Å²) in [5.74, 6) is -0.711. The number of nitrogen functional groups attached to an aromatic ring is 2. The highest BCUT2D eigenvalue weighted by Crippen LogP contribution is 2.19. The van der Waals surface area contributed by atoms with Gasteiger partial charge in [-0.1, -0.05) is 0 Å². The minimum Gasteiger partial charge on any atom is -0.482 e. The van der Waals surface area contributed by atoms with Crippen molar-refractivity contribution in [1.82, 2.24) is 0 Å². The van der Waals surface area contributed by atoms with Crippen LogP contribution in [0.15, 0.2) is 97.1 Å². The summed E-state index contributed by atoms with van der Waals surface area (Å²) >= 11 is 0. The number of hydrogen-bond acceptors (Lipinski definition) is 20. The number of carbonyl (C=O) groups excluding carboxylic acids is 4. The van der Waals surface area contributed by atoms with Crippen molar-refractivity contribution in [3.8, 4) is 23.0 Å². The lowest BCUT2D eigenvalue weighted by molar-refractivity contribution is -0.385. The van der Waals surface area contributed by atoms with Crippen LogP contribution in [0.1, 0.15) is 0 Å². The van der Waals surface area contributed by atoms with E-state index < -0.39 is 33.7 Å². The zero-order valence-electron chi connectivity index (χ0n) is 33.1. The highest BCUT2D eigenvalue weighted by Gasteiger charge is 2.10. The van der Waals surface area contributed by atoms with E-state index in [0.29, 0.717) is 22.9 Å². The lowest BCUT2D eigenvalue weighted by Crippen LogP contribution is -2.20. The number of nitro benzene ring substituents is 2. The Hall–Kier alpha value is -7.72. The predicted molar refractivity (Wildman–Crippen MR) is 215 cm³/mol. The van der Waals surface area contributed by atoms with Crippen molar-refractivity contribution in [3.63, 3.8) is 0 Å². The number of rotatable bonds is 26. The third-order valence-electron chi connectivity index (χ3n) is 7.24. The summed E-state index contributed by atoms with van der Waals surface area (Å²) in [5.41, 5.74) is 12.2. The molecule has 0 aliphatic carbocycles. The van der Waals surface area contributed by atoms with E-state index in [0.717, 1.165) is 0 Å². The van der Waals surface area contributed by atoms with Crippen molar-refractivity contribution < 1.29 is 76.4 Å². The second kappa shape index (κ2) is 27.9. The first-order valence-electron chi connectivity index (χ1n) is 18.4. The molecule has 0 saturated carbocycles. The van der Waals surface area contributed by atoms with E-state index in [1.54, 1.807) is 48.5 Å². The number of nitrogens with two attached hydrogens (primary N) is 2. The highest BCUT2D eigenvalue weighted by molar-refractivity contribution is 5.72. The fraction of sp³-hybridized carbons (Fsp3) is 0.300. The van der Waals surface area contributed by atoms with Gasteiger partial charge in [-0.05, 0) is 72.8 Å². The Kier molecular flexibility index (Phi) is 21.9. The first kappa shape index (κ1) is 48.6. The maximum Gasteiger partial charge on any atom is 0.344 e. The van der Waals surface area contributed by atoms with Crippen LogP contribution < -0.4 is 30.4 Å². The summed E-state index contributed by atoms with van der Waals surface area (Å²) in [4.78, 5) is 66.3. The Bertz CT molecular complexity index is 1850. The highest BCUT2D eigenvalue weighted by atomic mass is 16.6. The number of anilines is 2. The van der Waals surface area contributed by atoms with Gasteiger partial charge in [0.1, 0.15) is 49.4 Å². The summed E-state index contributed by atoms with van der Waals surface area (Å²) < 4.78 is 50.9. The van der Waals surface area contributed by atoms with E-state index in [1.165, 1.54) is 48.5 Å². The van der Waals surface area contributed by atoms with Gasteiger partial charge in [0.15, 0.2) is 26.4 Å². The number of non-ortho nitro benzene ring substituents is 2. The average molecular weight is 869 g/mol. The van der Waals surface area contributed by atoms with Crippen LogP contribution in [0, 0.1) is 20.2 Å². The second-order valence-electron chi connectivity index (χ2n) is 11.9. The first-order valence-corrected chi connectivity index (χ1v) is 18.4. The molecule has 0 aliphatic rings. The largest absolute Gasteiger partial charge is 0.482 e. The van der Waals surface area contributed by atoms with E-state index in [-0.39, 0.29) is 102 Å². The zero-order chi connectivity index (χ0) is 45.0. The normalized spacial score (nSPS) is 10.2. The van der Waals surface area contributed by atoms with Gasteiger partial charge in [-0.15, -0.1) is 0 Å². The van der Waals surface area contributed by atoms with Crippen LogP contribution >= 0.6 is 0 Å². The van der Waals surface area contributed by atoms with Gasteiger partial charge in [-0.25, -0.2) is 19.2 Å². The fourth-order valence-corrected chi connectivity index (χ4v) is 4.25. The molecule has 0 saturated heterocycles. The quantitative estimate of drug-likeness (QED) is 0.0228. The number of carbonyl (C=O) groups is 4. The number of esters is 4. The molecule has 4 aromatic rings. The van der Waals surface area contributed by atoms with Gasteiger partial charge in [0, 0.05) is 35.6 Å². The molecule has 0 aliphatic heterocycles. The van der Waals surface area contributed by atoms with Gasteiger partial charge in [0.2, 0.25) is 0 Å². The smallest absolute Gasteiger partial charge is 0.344 e. The third-order valence-corrected chi connectivity index (χ3v) is 7.24. The van der Waals surface area contributed by atoms with Crippen molar-refractivity contribution in [2.24, 2.45) is 0 Å². The van der Waals surface area contributed by atoms with Gasteiger partial charge in [0.05, 0.1) is 36.3 Å². The van der Waals surface area contributed by atoms with Crippen LogP contribution in [0.4, 0.5) is 22.7 Å². The molecule has 0 atom stereocenters. The van der Waals surface area contributed by atoms with E-state index in [1.807, 2.05) is 0 Å². The topological polar surface area (TPSA) is 299 Å². The number of nitro groups is 2. The van der Waals surface area contributed by atoms with Crippen LogP contribution in [0.25, 0.3) is 0 Å². The van der Waals surface area contributed by atoms with Crippen molar-refractivity contribution in [3.05, 3.63) is 117 Å². The number of benzene rings is 4. The number of nitrogens with zero attached hydrogens (tertiary/aromatic N) is 2. The molecule has 4 rings (SSSR count). The molecule has 62 heavy (non-hydrogen) atoms. The van der Waals surface area contributed by atoms with Crippen LogP contribution in [0.5, 0.6) is 23.0 Å². The van der Waals surface area contributed by atoms with Crippen LogP contribution in [-0.4, -0.2) is 113 Å². The summed E-state index contributed by atoms with van der Waals surface area (Å²) in [6, 6.07) is 23.8. The minimum atomic E-state index is -0.647. The van der Waals surface area contributed by atoms with Crippen molar-refractivity contribution in [2.45, 2.75) is 0 Å². The maximum atomic E-state index is 11.6. The van der Waals surface area contributed by atoms with E-state index in [4.69, 9.17) is 58.8 Å². The summed E-state index contributed by atoms with van der Waals surface area (Å²) in [6.45, 7) is -0.630. The molecule has 332 valence electrons. The molecule has 4 aromatic carbocycles. The molecule has 22 nitrogen and oxygen atoms in total. The Morgan fingerprint density at radius 1 is 0.387 bits per heavy atom. The molecule has 0 amide bonds. The molecule has 0 bridgehead atoms. The van der Waals surface area contributed by atoms with E-state index >= 15 is 0 Å². The molecule has 0 fully saturated rings. The third kappa shape index (κ3) is 21.3. The molecule has 0 aromatic heterocycles. The van der Waals surface area contributed by atoms with Gasteiger partial charge in [-0.3, -0.25) is 20.2 Å². The Morgan fingerprint density at radius 3 is 0.839 bits per heavy atom. The lowest BCUT2D eigenvalue weighted by Gasteiger charge is -2.09. The SMILES string of the molecule is Nc1ccc(OCC(=O)OCCOCCOC(=O)COc2ccc(N)cc2)cc1.O=C(COc1ccc([N+](=O)[O-])cc1)OCCOCCOC(=O)COc1ccc([N+](=O)[O-])cc1. The van der Waals surface area contributed by atoms with Crippen molar-refractivity contribution in [2.75, 3.05) is 90.7 Å². The zero-order valence-corrected chi connectivity index (χ0v) is 33.1. The van der Waals surface area contributed by atoms with Gasteiger partial charge in [-0.2, -0.15) is 0 Å². The van der Waals surface area contributed by atoms with E-state index in [9.17, 15) is 39.4 Å². The molecule has 0 heterocycles. The molecular formula is C40H44N4O18. The maximum absolute atomic E-state index is 11.6. The van der Waals surface area contributed by atoms with Crippen molar-refractivity contribution >= 4 is 46.6 Å². The number of hydrogen-bond donors (Lipinski definition) is 2. The summed E-state index contributed by atoms with van der Waals surface area (Å²) in [6.07, 6.45) is 0. The Morgan fingerprint density at radius 2 is 0.613 bits per heavy atom. The fourth-order valence-electron chi connectivity index (χ4n) is 4.25. The van der Waals surface area contributed by atoms with Crippen molar-refractivity contribution in [1.29, 1.82) is 0 Å². The van der Waals surface area contributed by atoms with Crippen LogP contribution in [0.3, 0.4) is 0 Å². The minimum absolute atomic E-state index is 0.0420. The molecule has 4 N–H and O–H groups in total. The van der Waals surface area contributed by atoms with Gasteiger partial charge >= 0.3 is 23.9 Å². The van der Waals surface area contributed by atoms with Crippen LogP contribution in [-0.2, 0) is 47.6 Å². The van der Waals surface area contributed by atoms with Gasteiger partial charge in [0.25, 0.3) is 11.4 Å².